The molecule has 9 heteroatoms. The zero-order valence-corrected chi connectivity index (χ0v) is 16.1. The van der Waals surface area contributed by atoms with Gasteiger partial charge in [0.25, 0.3) is 5.91 Å². The highest BCUT2D eigenvalue weighted by atomic mass is 16.6. The van der Waals surface area contributed by atoms with Crippen LogP contribution < -0.4 is 10.1 Å². The Hall–Kier alpha value is -3.23. The third-order valence-corrected chi connectivity index (χ3v) is 5.46. The first-order valence-electron chi connectivity index (χ1n) is 9.67. The lowest BCUT2D eigenvalue weighted by atomic mass is 9.87. The molecule has 3 heterocycles. The van der Waals surface area contributed by atoms with Gasteiger partial charge in [0.2, 0.25) is 5.91 Å². The van der Waals surface area contributed by atoms with Crippen molar-refractivity contribution in [3.05, 3.63) is 41.2 Å². The van der Waals surface area contributed by atoms with Gasteiger partial charge in [-0.3, -0.25) is 14.4 Å². The van der Waals surface area contributed by atoms with E-state index in [4.69, 9.17) is 4.74 Å². The molecule has 4 rings (SSSR count). The summed E-state index contributed by atoms with van der Waals surface area (Å²) < 4.78 is 10.6. The zero-order chi connectivity index (χ0) is 20.4. The number of carbonyl (C=O) groups excluding carboxylic acids is 3. The van der Waals surface area contributed by atoms with Gasteiger partial charge in [-0.15, -0.1) is 0 Å². The molecule has 9 nitrogen and oxygen atoms in total. The summed E-state index contributed by atoms with van der Waals surface area (Å²) in [7, 11) is 0. The number of carbonyl (C=O) groups is 3. The normalized spacial score (nSPS) is 21.3. The van der Waals surface area contributed by atoms with Gasteiger partial charge in [0.15, 0.2) is 11.5 Å². The van der Waals surface area contributed by atoms with Crippen molar-refractivity contribution in [2.75, 3.05) is 19.6 Å². The van der Waals surface area contributed by atoms with Crippen LogP contribution in [0.5, 0.6) is 5.75 Å². The molecule has 29 heavy (non-hydrogen) atoms. The fraction of sp³-hybridized carbons (Fsp3) is 0.450. The van der Waals surface area contributed by atoms with Gasteiger partial charge >= 0.3 is 0 Å². The van der Waals surface area contributed by atoms with Gasteiger partial charge in [0.1, 0.15) is 17.5 Å². The van der Waals surface area contributed by atoms with Crippen molar-refractivity contribution in [1.29, 1.82) is 0 Å². The minimum absolute atomic E-state index is 0.0714. The maximum atomic E-state index is 12.6. The van der Waals surface area contributed by atoms with Gasteiger partial charge < -0.3 is 15.0 Å². The van der Waals surface area contributed by atoms with E-state index in [0.29, 0.717) is 36.5 Å². The summed E-state index contributed by atoms with van der Waals surface area (Å²) in [5.74, 6) is 0.0797. The molecule has 152 valence electrons. The SMILES string of the molecule is Cc1nonc1C(=O)NCC(=O)N1CCCC(C2CC(=O)c3ccccc3O2)C1. The number of rotatable bonds is 4. The van der Waals surface area contributed by atoms with E-state index >= 15 is 0 Å². The number of hydrogen-bond acceptors (Lipinski definition) is 7. The molecule has 0 saturated carbocycles. The van der Waals surface area contributed by atoms with Crippen LogP contribution in [0.4, 0.5) is 0 Å². The van der Waals surface area contributed by atoms with Gasteiger partial charge in [0.05, 0.1) is 12.1 Å². The van der Waals surface area contributed by atoms with Crippen LogP contribution >= 0.6 is 0 Å². The van der Waals surface area contributed by atoms with Crippen molar-refractivity contribution in [2.45, 2.75) is 32.3 Å². The standard InChI is InChI=1S/C20H22N4O5/c1-12-19(23-29-22-12)20(27)21-10-18(26)24-8-4-5-13(11-24)17-9-15(25)14-6-2-3-7-16(14)28-17/h2-3,6-7,13,17H,4-5,8-11H2,1H3,(H,21,27). The van der Waals surface area contributed by atoms with Crippen LogP contribution in [0.15, 0.2) is 28.9 Å². The average Bonchev–Trinajstić information content (AvgIpc) is 3.18. The molecule has 1 aromatic carbocycles. The Morgan fingerprint density at radius 3 is 2.90 bits per heavy atom. The van der Waals surface area contributed by atoms with E-state index in [-0.39, 0.29) is 36.0 Å². The second kappa shape index (κ2) is 8.02. The molecule has 0 bridgehead atoms. The van der Waals surface area contributed by atoms with Crippen molar-refractivity contribution < 1.29 is 23.7 Å². The number of piperidine rings is 1. The first kappa shape index (κ1) is 19.1. The Labute approximate surface area is 167 Å². The van der Waals surface area contributed by atoms with Crippen LogP contribution in [0.1, 0.15) is 45.8 Å². The molecule has 2 amide bonds. The number of fused-ring (bicyclic) bond motifs is 1. The summed E-state index contributed by atoms with van der Waals surface area (Å²) in [6.45, 7) is 2.59. The molecular weight excluding hydrogens is 376 g/mol. The number of amides is 2. The number of para-hydroxylation sites is 1. The molecule has 0 aliphatic carbocycles. The molecule has 2 atom stereocenters. The highest BCUT2D eigenvalue weighted by Crippen LogP contribution is 2.33. The van der Waals surface area contributed by atoms with E-state index in [1.165, 1.54) is 0 Å². The van der Waals surface area contributed by atoms with Crippen molar-refractivity contribution >= 4 is 17.6 Å². The van der Waals surface area contributed by atoms with Crippen LogP contribution in [0, 0.1) is 12.8 Å². The summed E-state index contributed by atoms with van der Waals surface area (Å²) in [5.41, 5.74) is 1.06. The fourth-order valence-corrected chi connectivity index (χ4v) is 3.89. The molecule has 1 N–H and O–H groups in total. The quantitative estimate of drug-likeness (QED) is 0.827. The molecule has 1 aromatic heterocycles. The van der Waals surface area contributed by atoms with Crippen LogP contribution in [-0.4, -0.2) is 58.5 Å². The molecule has 2 unspecified atom stereocenters. The Balaban J connectivity index is 1.35. The topological polar surface area (TPSA) is 115 Å². The smallest absolute Gasteiger partial charge is 0.275 e. The van der Waals surface area contributed by atoms with Crippen molar-refractivity contribution in [3.63, 3.8) is 0 Å². The molecule has 2 aliphatic heterocycles. The Kier molecular flexibility index (Phi) is 5.28. The van der Waals surface area contributed by atoms with Crippen molar-refractivity contribution in [3.8, 4) is 5.75 Å². The number of ketones is 1. The predicted octanol–water partition coefficient (Wildman–Crippen LogP) is 1.38. The number of nitrogens with zero attached hydrogens (tertiary/aromatic N) is 3. The first-order chi connectivity index (χ1) is 14.0. The second-order valence-electron chi connectivity index (χ2n) is 7.40. The molecule has 1 saturated heterocycles. The van der Waals surface area contributed by atoms with Gasteiger partial charge in [-0.05, 0) is 37.1 Å². The van der Waals surface area contributed by atoms with Gasteiger partial charge in [0, 0.05) is 25.4 Å². The number of ether oxygens (including phenoxy) is 1. The van der Waals surface area contributed by atoms with Crippen molar-refractivity contribution in [2.24, 2.45) is 5.92 Å². The number of nitrogens with one attached hydrogen (secondary N) is 1. The van der Waals surface area contributed by atoms with E-state index in [2.05, 4.69) is 20.3 Å². The van der Waals surface area contributed by atoms with Gasteiger partial charge in [-0.2, -0.15) is 0 Å². The lowest BCUT2D eigenvalue weighted by Gasteiger charge is -2.38. The van der Waals surface area contributed by atoms with Crippen LogP contribution in [-0.2, 0) is 4.79 Å². The number of aryl methyl sites for hydroxylation is 1. The van der Waals surface area contributed by atoms with E-state index in [1.807, 2.05) is 12.1 Å². The Bertz CT molecular complexity index is 940. The monoisotopic (exact) mass is 398 g/mol. The van der Waals surface area contributed by atoms with Crippen molar-refractivity contribution in [1.82, 2.24) is 20.5 Å². The lowest BCUT2D eigenvalue weighted by molar-refractivity contribution is -0.132. The zero-order valence-electron chi connectivity index (χ0n) is 16.1. The van der Waals surface area contributed by atoms with Gasteiger partial charge in [-0.25, -0.2) is 4.63 Å². The first-order valence-corrected chi connectivity index (χ1v) is 9.67. The Morgan fingerprint density at radius 1 is 1.28 bits per heavy atom. The number of likely N-dealkylation sites (tertiary alicyclic amines) is 1. The molecule has 2 aromatic rings. The van der Waals surface area contributed by atoms with Gasteiger partial charge in [-0.1, -0.05) is 17.3 Å². The number of aromatic nitrogens is 2. The van der Waals surface area contributed by atoms with E-state index in [1.54, 1.807) is 24.0 Å². The summed E-state index contributed by atoms with van der Waals surface area (Å²) in [5, 5.41) is 9.65. The van der Waals surface area contributed by atoms with E-state index in [0.717, 1.165) is 12.8 Å². The summed E-state index contributed by atoms with van der Waals surface area (Å²) in [6.07, 6.45) is 1.79. The summed E-state index contributed by atoms with van der Waals surface area (Å²) >= 11 is 0. The third-order valence-electron chi connectivity index (χ3n) is 5.46. The fourth-order valence-electron chi connectivity index (χ4n) is 3.89. The minimum Gasteiger partial charge on any atom is -0.489 e. The predicted molar refractivity (Wildman–Crippen MR) is 100 cm³/mol. The third kappa shape index (κ3) is 3.98. The highest BCUT2D eigenvalue weighted by Gasteiger charge is 2.35. The largest absolute Gasteiger partial charge is 0.489 e. The number of benzene rings is 1. The second-order valence-corrected chi connectivity index (χ2v) is 7.40. The lowest BCUT2D eigenvalue weighted by Crippen LogP contribution is -2.49. The molecule has 1 fully saturated rings. The van der Waals surface area contributed by atoms with Crippen LogP contribution in [0.3, 0.4) is 0 Å². The summed E-state index contributed by atoms with van der Waals surface area (Å²) in [4.78, 5) is 38.8. The Morgan fingerprint density at radius 2 is 2.10 bits per heavy atom. The maximum absolute atomic E-state index is 12.6. The molecule has 2 aliphatic rings. The van der Waals surface area contributed by atoms with Crippen LogP contribution in [0.25, 0.3) is 0 Å². The summed E-state index contributed by atoms with van der Waals surface area (Å²) in [6, 6.07) is 7.26. The number of hydrogen-bond donors (Lipinski definition) is 1. The average molecular weight is 398 g/mol. The molecular formula is C20H22N4O5. The molecule has 0 radical (unpaired) electrons. The van der Waals surface area contributed by atoms with Crippen LogP contribution in [0.2, 0.25) is 0 Å². The molecule has 0 spiro atoms. The van der Waals surface area contributed by atoms with E-state index < -0.39 is 5.91 Å². The number of Topliss-reactive ketones (excluding diaryl/α,β-unsaturated/α-hetero) is 1. The maximum Gasteiger partial charge on any atom is 0.275 e. The van der Waals surface area contributed by atoms with E-state index in [9.17, 15) is 14.4 Å². The minimum atomic E-state index is -0.497. The highest BCUT2D eigenvalue weighted by molar-refractivity contribution is 6.00.